The van der Waals surface area contributed by atoms with Crippen LogP contribution in [-0.2, 0) is 11.3 Å². The van der Waals surface area contributed by atoms with Crippen LogP contribution in [0.2, 0.25) is 0 Å². The van der Waals surface area contributed by atoms with Crippen LogP contribution in [0.3, 0.4) is 0 Å². The van der Waals surface area contributed by atoms with Gasteiger partial charge >= 0.3 is 0 Å². The number of hydrogen-bond acceptors (Lipinski definition) is 4. The number of benzene rings is 2. The molecular weight excluding hydrogens is 433 g/mol. The lowest BCUT2D eigenvalue weighted by Crippen LogP contribution is -2.36. The van der Waals surface area contributed by atoms with E-state index in [0.717, 1.165) is 16.7 Å². The average molecular weight is 454 g/mol. The zero-order valence-corrected chi connectivity index (χ0v) is 17.9. The van der Waals surface area contributed by atoms with Crippen LogP contribution in [0.4, 0.5) is 4.39 Å². The normalized spacial score (nSPS) is 15.0. The minimum Gasteiger partial charge on any atom is -0.350 e. The van der Waals surface area contributed by atoms with Crippen LogP contribution >= 0.6 is 15.9 Å². The zero-order chi connectivity index (χ0) is 21.0. The molecule has 0 saturated heterocycles. The fourth-order valence-corrected chi connectivity index (χ4v) is 3.99. The first-order chi connectivity index (χ1) is 13.9. The van der Waals surface area contributed by atoms with Crippen LogP contribution in [0.15, 0.2) is 63.7 Å². The number of rotatable bonds is 6. The number of amidine groups is 1. The van der Waals surface area contributed by atoms with E-state index in [1.165, 1.54) is 13.8 Å². The third-order valence-electron chi connectivity index (χ3n) is 4.69. The summed E-state index contributed by atoms with van der Waals surface area (Å²) < 4.78 is 14.5. The highest BCUT2D eigenvalue weighted by molar-refractivity contribution is 9.11. The van der Waals surface area contributed by atoms with Crippen molar-refractivity contribution in [1.29, 1.82) is 5.26 Å². The Labute approximate surface area is 178 Å². The molecule has 1 aliphatic rings. The molecule has 0 radical (unpaired) electrons. The molecule has 0 aromatic heterocycles. The molecule has 0 spiro atoms. The lowest BCUT2D eigenvalue weighted by molar-refractivity contribution is -0.116. The number of aliphatic imine (C=N–C) groups is 1. The molecule has 0 N–H and O–H groups in total. The van der Waals surface area contributed by atoms with Gasteiger partial charge in [0.2, 0.25) is 0 Å². The molecule has 29 heavy (non-hydrogen) atoms. The van der Waals surface area contributed by atoms with Gasteiger partial charge < -0.3 is 4.90 Å². The van der Waals surface area contributed by atoms with Crippen LogP contribution in [0.25, 0.3) is 11.1 Å². The van der Waals surface area contributed by atoms with E-state index in [1.54, 1.807) is 6.07 Å². The van der Waals surface area contributed by atoms with Crippen molar-refractivity contribution in [1.82, 2.24) is 4.90 Å². The molecule has 0 amide bonds. The Morgan fingerprint density at radius 2 is 1.97 bits per heavy atom. The predicted octanol–water partition coefficient (Wildman–Crippen LogP) is 5.38. The minimum atomic E-state index is -1.20. The molecule has 2 aromatic rings. The third-order valence-corrected chi connectivity index (χ3v) is 5.35. The van der Waals surface area contributed by atoms with Crippen molar-refractivity contribution >= 4 is 27.5 Å². The molecule has 3 rings (SSSR count). The monoisotopic (exact) mass is 453 g/mol. The highest BCUT2D eigenvalue weighted by Crippen LogP contribution is 2.28. The van der Waals surface area contributed by atoms with Gasteiger partial charge in [0.25, 0.3) is 0 Å². The topological polar surface area (TPSA) is 56.5 Å². The van der Waals surface area contributed by atoms with Gasteiger partial charge in [-0.15, -0.1) is 0 Å². The smallest absolute Gasteiger partial charge is 0.140 e. The standard InChI is InChI=1S/C23H21BrFN3O/c1-15(29)11-22-27-23(16(2)25)21(24)14-28(22)13-17-7-9-18(10-8-17)20-6-4-3-5-19(20)12-26/h3-10,16H,11,13-14H2,1-2H3. The van der Waals surface area contributed by atoms with E-state index in [-0.39, 0.29) is 12.2 Å². The summed E-state index contributed by atoms with van der Waals surface area (Å²) in [5.41, 5.74) is 3.88. The van der Waals surface area contributed by atoms with E-state index in [9.17, 15) is 14.4 Å². The van der Waals surface area contributed by atoms with Crippen LogP contribution < -0.4 is 0 Å². The van der Waals surface area contributed by atoms with Crippen molar-refractivity contribution < 1.29 is 9.18 Å². The van der Waals surface area contributed by atoms with E-state index in [2.05, 4.69) is 27.0 Å². The molecule has 148 valence electrons. The molecule has 1 unspecified atom stereocenters. The van der Waals surface area contributed by atoms with Crippen LogP contribution in [0.1, 0.15) is 31.4 Å². The number of halogens is 2. The molecule has 6 heteroatoms. The predicted molar refractivity (Wildman–Crippen MR) is 116 cm³/mol. The van der Waals surface area contributed by atoms with Gasteiger partial charge in [-0.2, -0.15) is 5.26 Å². The van der Waals surface area contributed by atoms with E-state index in [1.807, 2.05) is 47.4 Å². The van der Waals surface area contributed by atoms with E-state index >= 15 is 0 Å². The summed E-state index contributed by atoms with van der Waals surface area (Å²) in [5, 5.41) is 9.30. The second-order valence-corrected chi connectivity index (χ2v) is 7.98. The van der Waals surface area contributed by atoms with Crippen LogP contribution in [-0.4, -0.2) is 29.2 Å². The van der Waals surface area contributed by atoms with Gasteiger partial charge in [-0.25, -0.2) is 9.38 Å². The van der Waals surface area contributed by atoms with Gasteiger partial charge in [-0.3, -0.25) is 4.79 Å². The SMILES string of the molecule is CC(=O)CC1=NC(C(C)F)=C(Br)CN1Cc1ccc(-c2ccccc2C#N)cc1. The number of nitrogens with zero attached hydrogens (tertiary/aromatic N) is 3. The molecule has 1 atom stereocenters. The summed E-state index contributed by atoms with van der Waals surface area (Å²) in [7, 11) is 0. The number of carbonyl (C=O) groups excluding carboxylic acids is 1. The highest BCUT2D eigenvalue weighted by Gasteiger charge is 2.24. The summed E-state index contributed by atoms with van der Waals surface area (Å²) in [6.45, 7) is 3.97. The van der Waals surface area contributed by atoms with Gasteiger partial charge in [0.1, 0.15) is 17.8 Å². The first-order valence-electron chi connectivity index (χ1n) is 9.32. The van der Waals surface area contributed by atoms with Crippen LogP contribution in [0.5, 0.6) is 0 Å². The minimum absolute atomic E-state index is 0.0129. The molecule has 4 nitrogen and oxygen atoms in total. The first-order valence-corrected chi connectivity index (χ1v) is 10.1. The second kappa shape index (κ2) is 9.15. The van der Waals surface area contributed by atoms with Gasteiger partial charge in [-0.05, 0) is 36.6 Å². The summed E-state index contributed by atoms with van der Waals surface area (Å²) in [5.74, 6) is 0.570. The second-order valence-electron chi connectivity index (χ2n) is 7.02. The lowest BCUT2D eigenvalue weighted by atomic mass is 9.99. The number of ketones is 1. The van der Waals surface area contributed by atoms with E-state index < -0.39 is 6.17 Å². The van der Waals surface area contributed by atoms with E-state index in [0.29, 0.717) is 34.7 Å². The summed E-state index contributed by atoms with van der Waals surface area (Å²) in [4.78, 5) is 18.1. The fourth-order valence-electron chi connectivity index (χ4n) is 3.28. The molecule has 2 aromatic carbocycles. The Morgan fingerprint density at radius 3 is 2.59 bits per heavy atom. The van der Waals surface area contributed by atoms with Crippen molar-refractivity contribution in [2.75, 3.05) is 6.54 Å². The summed E-state index contributed by atoms with van der Waals surface area (Å²) >= 11 is 3.44. The maximum Gasteiger partial charge on any atom is 0.140 e. The Morgan fingerprint density at radius 1 is 1.28 bits per heavy atom. The number of alkyl halides is 1. The third kappa shape index (κ3) is 4.99. The molecule has 1 aliphatic heterocycles. The maximum atomic E-state index is 13.8. The van der Waals surface area contributed by atoms with Gasteiger partial charge in [0.15, 0.2) is 0 Å². The van der Waals surface area contributed by atoms with Crippen molar-refractivity contribution in [2.45, 2.75) is 33.0 Å². The number of allylic oxidation sites excluding steroid dienone is 1. The summed E-state index contributed by atoms with van der Waals surface area (Å²) in [6, 6.07) is 17.7. The van der Waals surface area contributed by atoms with Gasteiger partial charge in [0.05, 0.1) is 30.3 Å². The first kappa shape index (κ1) is 20.9. The fraction of sp³-hybridized carbons (Fsp3) is 0.261. The van der Waals surface area contributed by atoms with Gasteiger partial charge in [0, 0.05) is 11.0 Å². The van der Waals surface area contributed by atoms with Crippen molar-refractivity contribution in [3.05, 3.63) is 69.8 Å². The maximum absolute atomic E-state index is 13.8. The van der Waals surface area contributed by atoms with Gasteiger partial charge in [-0.1, -0.05) is 58.4 Å². The zero-order valence-electron chi connectivity index (χ0n) is 16.3. The Bertz CT molecular complexity index is 1020. The van der Waals surface area contributed by atoms with E-state index in [4.69, 9.17) is 0 Å². The molecule has 0 aliphatic carbocycles. The van der Waals surface area contributed by atoms with Crippen molar-refractivity contribution in [2.24, 2.45) is 4.99 Å². The molecule has 0 bridgehead atoms. The Kier molecular flexibility index (Phi) is 6.60. The summed E-state index contributed by atoms with van der Waals surface area (Å²) in [6.07, 6.45) is -1.03. The number of hydrogen-bond donors (Lipinski definition) is 0. The Hall–Kier alpha value is -2.78. The van der Waals surface area contributed by atoms with Crippen molar-refractivity contribution in [3.63, 3.8) is 0 Å². The molecule has 0 saturated carbocycles. The van der Waals surface area contributed by atoms with Crippen molar-refractivity contribution in [3.8, 4) is 17.2 Å². The number of carbonyl (C=O) groups is 1. The molecular formula is C23H21BrFN3O. The highest BCUT2D eigenvalue weighted by atomic mass is 79.9. The Balaban J connectivity index is 1.83. The quantitative estimate of drug-likeness (QED) is 0.589. The molecule has 1 heterocycles. The largest absolute Gasteiger partial charge is 0.350 e. The van der Waals surface area contributed by atoms with Crippen LogP contribution in [0, 0.1) is 11.3 Å². The number of nitriles is 1. The lowest BCUT2D eigenvalue weighted by Gasteiger charge is -2.30. The average Bonchev–Trinajstić information content (AvgIpc) is 2.70. The number of Topliss-reactive ketones (excluding diaryl/α,β-unsaturated/α-hetero) is 1. The molecule has 0 fully saturated rings.